The van der Waals surface area contributed by atoms with Gasteiger partial charge < -0.3 is 14.4 Å². The minimum absolute atomic E-state index is 0.0182. The van der Waals surface area contributed by atoms with Crippen LogP contribution in [0.2, 0.25) is 0 Å². The molecule has 0 aliphatic carbocycles. The van der Waals surface area contributed by atoms with Crippen molar-refractivity contribution in [3.8, 4) is 39.1 Å². The molecule has 0 amide bonds. The van der Waals surface area contributed by atoms with Crippen LogP contribution in [-0.2, 0) is 0 Å². The fourth-order valence-electron chi connectivity index (χ4n) is 10.7. The molecule has 3 nitrogen and oxygen atoms in total. The number of nitrogens with zero attached hydrogens (tertiary/aromatic N) is 3. The van der Waals surface area contributed by atoms with E-state index in [0.717, 1.165) is 22.6 Å². The first kappa shape index (κ1) is 36.3. The molecule has 64 heavy (non-hydrogen) atoms. The van der Waals surface area contributed by atoms with Crippen LogP contribution in [0.25, 0.3) is 60.9 Å². The molecule has 0 saturated carbocycles. The van der Waals surface area contributed by atoms with Gasteiger partial charge in [0.1, 0.15) is 0 Å². The predicted molar refractivity (Wildman–Crippen MR) is 271 cm³/mol. The summed E-state index contributed by atoms with van der Waals surface area (Å²) in [5, 5.41) is 2.51. The van der Waals surface area contributed by atoms with E-state index in [1.165, 1.54) is 88.8 Å². The average molecular weight is 814 g/mol. The maximum Gasteiger partial charge on any atom is 0.252 e. The summed E-state index contributed by atoms with van der Waals surface area (Å²) in [5.74, 6) is 0. The van der Waals surface area contributed by atoms with E-state index in [9.17, 15) is 0 Å². The molecule has 2 aliphatic heterocycles. The third-order valence-electron chi connectivity index (χ3n) is 13.4. The van der Waals surface area contributed by atoms with Crippen molar-refractivity contribution in [1.29, 1.82) is 0 Å². The van der Waals surface area contributed by atoms with E-state index in [1.54, 1.807) is 0 Å². The molecule has 0 saturated heterocycles. The summed E-state index contributed by atoms with van der Waals surface area (Å²) in [6, 6.07) is 89.2. The van der Waals surface area contributed by atoms with Crippen molar-refractivity contribution in [2.45, 2.75) is 0 Å². The SMILES string of the molecule is c1ccc(-c2cccc(-c3ccccc3)c2-c2cc3c4c(c2)N(c2ccccc2)c2cc(-n5c6ccccc6c6ccccc65)ccc2B4c2ccccc2N3c2ccccc2)cc1. The maximum absolute atomic E-state index is 2.54. The fraction of sp³-hybridized carbons (Fsp3) is 0. The number of aromatic nitrogens is 1. The lowest BCUT2D eigenvalue weighted by Crippen LogP contribution is -2.61. The third kappa shape index (κ3) is 5.56. The van der Waals surface area contributed by atoms with Gasteiger partial charge in [0.2, 0.25) is 0 Å². The first-order valence-electron chi connectivity index (χ1n) is 22.1. The Hall–Kier alpha value is -8.34. The lowest BCUT2D eigenvalue weighted by molar-refractivity contribution is 1.17. The van der Waals surface area contributed by atoms with E-state index < -0.39 is 0 Å². The van der Waals surface area contributed by atoms with Crippen molar-refractivity contribution in [2.75, 3.05) is 9.80 Å². The Bertz CT molecular complexity index is 3450. The van der Waals surface area contributed by atoms with Gasteiger partial charge in [-0.3, -0.25) is 0 Å². The molecular formula is C60H40BN3. The number of fused-ring (bicyclic) bond motifs is 7. The highest BCUT2D eigenvalue weighted by Gasteiger charge is 2.44. The summed E-state index contributed by atoms with van der Waals surface area (Å²) >= 11 is 0. The second-order valence-electron chi connectivity index (χ2n) is 16.8. The highest BCUT2D eigenvalue weighted by molar-refractivity contribution is 7.00. The van der Waals surface area contributed by atoms with Crippen molar-refractivity contribution in [3.05, 3.63) is 243 Å². The highest BCUT2D eigenvalue weighted by Crippen LogP contribution is 2.49. The van der Waals surface area contributed by atoms with Gasteiger partial charge in [0.25, 0.3) is 6.71 Å². The molecule has 10 aromatic carbocycles. The largest absolute Gasteiger partial charge is 0.311 e. The van der Waals surface area contributed by atoms with E-state index in [4.69, 9.17) is 0 Å². The maximum atomic E-state index is 2.54. The molecule has 0 bridgehead atoms. The molecule has 4 heteroatoms. The van der Waals surface area contributed by atoms with Gasteiger partial charge in [0, 0.05) is 50.6 Å². The van der Waals surface area contributed by atoms with Crippen LogP contribution in [0.15, 0.2) is 243 Å². The first-order valence-corrected chi connectivity index (χ1v) is 22.1. The molecule has 0 unspecified atom stereocenters. The molecule has 3 heterocycles. The molecule has 1 aromatic heterocycles. The Morgan fingerprint density at radius 2 is 0.766 bits per heavy atom. The molecule has 13 rings (SSSR count). The van der Waals surface area contributed by atoms with Crippen LogP contribution in [0.4, 0.5) is 34.1 Å². The molecule has 0 N–H and O–H groups in total. The van der Waals surface area contributed by atoms with Gasteiger partial charge in [0.15, 0.2) is 0 Å². The Morgan fingerprint density at radius 1 is 0.297 bits per heavy atom. The van der Waals surface area contributed by atoms with Crippen molar-refractivity contribution < 1.29 is 0 Å². The van der Waals surface area contributed by atoms with E-state index >= 15 is 0 Å². The molecular weight excluding hydrogens is 773 g/mol. The van der Waals surface area contributed by atoms with Crippen LogP contribution in [0.5, 0.6) is 0 Å². The average Bonchev–Trinajstić information content (AvgIpc) is 3.71. The van der Waals surface area contributed by atoms with Crippen molar-refractivity contribution >= 4 is 79.0 Å². The number of benzene rings is 10. The van der Waals surface area contributed by atoms with Gasteiger partial charge in [0.05, 0.1) is 11.0 Å². The van der Waals surface area contributed by atoms with Gasteiger partial charge in [-0.1, -0.05) is 176 Å². The Balaban J connectivity index is 1.16. The Morgan fingerprint density at radius 3 is 1.34 bits per heavy atom. The van der Waals surface area contributed by atoms with Gasteiger partial charge in [-0.2, -0.15) is 0 Å². The Labute approximate surface area is 373 Å². The van der Waals surface area contributed by atoms with E-state index in [1.807, 2.05) is 0 Å². The molecule has 11 aromatic rings. The molecule has 0 radical (unpaired) electrons. The zero-order chi connectivity index (χ0) is 42.1. The van der Waals surface area contributed by atoms with Gasteiger partial charge >= 0.3 is 0 Å². The minimum Gasteiger partial charge on any atom is -0.311 e. The summed E-state index contributed by atoms with van der Waals surface area (Å²) in [6.45, 7) is -0.0182. The topological polar surface area (TPSA) is 11.4 Å². The van der Waals surface area contributed by atoms with Crippen molar-refractivity contribution in [3.63, 3.8) is 0 Å². The normalized spacial score (nSPS) is 12.6. The molecule has 298 valence electrons. The third-order valence-corrected chi connectivity index (χ3v) is 13.4. The summed E-state index contributed by atoms with van der Waals surface area (Å²) in [6.07, 6.45) is 0. The predicted octanol–water partition coefficient (Wildman–Crippen LogP) is 13.9. The van der Waals surface area contributed by atoms with Crippen LogP contribution in [0.1, 0.15) is 0 Å². The zero-order valence-electron chi connectivity index (χ0n) is 35.0. The number of anilines is 6. The highest BCUT2D eigenvalue weighted by atomic mass is 15.2. The lowest BCUT2D eigenvalue weighted by Gasteiger charge is -2.44. The van der Waals surface area contributed by atoms with Gasteiger partial charge in [-0.05, 0) is 116 Å². The molecule has 2 aliphatic rings. The summed E-state index contributed by atoms with van der Waals surface area (Å²) in [7, 11) is 0. The monoisotopic (exact) mass is 813 g/mol. The van der Waals surface area contributed by atoms with E-state index in [0.29, 0.717) is 0 Å². The van der Waals surface area contributed by atoms with Crippen LogP contribution >= 0.6 is 0 Å². The number of rotatable bonds is 6. The summed E-state index contributed by atoms with van der Waals surface area (Å²) in [5.41, 5.74) is 21.5. The van der Waals surface area contributed by atoms with Crippen LogP contribution < -0.4 is 26.2 Å². The Kier molecular flexibility index (Phi) is 8.32. The van der Waals surface area contributed by atoms with Crippen LogP contribution in [0.3, 0.4) is 0 Å². The number of hydrogen-bond donors (Lipinski definition) is 0. The van der Waals surface area contributed by atoms with Crippen molar-refractivity contribution in [2.24, 2.45) is 0 Å². The van der Waals surface area contributed by atoms with E-state index in [-0.39, 0.29) is 6.71 Å². The number of para-hydroxylation sites is 5. The van der Waals surface area contributed by atoms with Crippen LogP contribution in [-0.4, -0.2) is 11.3 Å². The fourth-order valence-corrected chi connectivity index (χ4v) is 10.7. The quantitative estimate of drug-likeness (QED) is 0.155. The minimum atomic E-state index is -0.0182. The smallest absolute Gasteiger partial charge is 0.252 e. The zero-order valence-corrected chi connectivity index (χ0v) is 35.0. The van der Waals surface area contributed by atoms with Gasteiger partial charge in [-0.15, -0.1) is 0 Å². The van der Waals surface area contributed by atoms with Crippen molar-refractivity contribution in [1.82, 2.24) is 4.57 Å². The summed E-state index contributed by atoms with van der Waals surface area (Å²) < 4.78 is 2.44. The molecule has 0 spiro atoms. The first-order chi connectivity index (χ1) is 31.8. The second-order valence-corrected chi connectivity index (χ2v) is 16.8. The standard InChI is InChI=1S/C60H40BN3/c1-5-20-41(21-6-1)47-30-19-31-48(42-22-7-2-8-23-42)59(47)43-38-57-60-58(39-43)63(45-26-11-4-12-27-45)56-40-46(64-53-33-16-13-28-49(53)50-29-14-17-34-54(50)64)36-37-52(56)61(60)51-32-15-18-35-55(51)62(57)44-24-9-3-10-25-44/h1-40H. The van der Waals surface area contributed by atoms with E-state index in [2.05, 4.69) is 257 Å². The van der Waals surface area contributed by atoms with Crippen LogP contribution in [0, 0.1) is 0 Å². The molecule has 0 fully saturated rings. The second kappa shape index (κ2) is 14.6. The number of hydrogen-bond acceptors (Lipinski definition) is 2. The van der Waals surface area contributed by atoms with Gasteiger partial charge in [-0.25, -0.2) is 0 Å². The summed E-state index contributed by atoms with van der Waals surface area (Å²) in [4.78, 5) is 5.04. The molecule has 0 atom stereocenters. The lowest BCUT2D eigenvalue weighted by atomic mass is 9.33.